The average molecular weight is 371 g/mol. The predicted octanol–water partition coefficient (Wildman–Crippen LogP) is 0.778. The third-order valence-electron chi connectivity index (χ3n) is 4.20. The number of hydrogen-bond donors (Lipinski definition) is 3. The fourth-order valence-electron chi connectivity index (χ4n) is 2.68. The molecule has 0 aliphatic carbocycles. The second-order valence-corrected chi connectivity index (χ2v) is 6.31. The summed E-state index contributed by atoms with van der Waals surface area (Å²) in [7, 11) is 0. The first-order valence-corrected chi connectivity index (χ1v) is 7.91. The third kappa shape index (κ3) is 9.35. The van der Waals surface area contributed by atoms with Crippen LogP contribution < -0.4 is 16.4 Å². The summed E-state index contributed by atoms with van der Waals surface area (Å²) in [4.78, 5) is 25.2. The Hall–Kier alpha value is -0.560. The summed E-state index contributed by atoms with van der Waals surface area (Å²) in [5.41, 5.74) is 5.18. The van der Waals surface area contributed by atoms with E-state index in [2.05, 4.69) is 36.3 Å². The molecule has 0 spiro atoms. The molecule has 0 radical (unpaired) electrons. The average Bonchev–Trinajstić information content (AvgIpc) is 2.46. The van der Waals surface area contributed by atoms with E-state index in [4.69, 9.17) is 5.73 Å². The van der Waals surface area contributed by atoms with Gasteiger partial charge in [-0.1, -0.05) is 20.8 Å². The third-order valence-corrected chi connectivity index (χ3v) is 4.20. The molecule has 6 nitrogen and oxygen atoms in total. The zero-order chi connectivity index (χ0) is 15.8. The maximum Gasteiger partial charge on any atom is 0.239 e. The zero-order valence-electron chi connectivity index (χ0n) is 14.3. The summed E-state index contributed by atoms with van der Waals surface area (Å²) >= 11 is 0. The first-order chi connectivity index (χ1) is 9.93. The quantitative estimate of drug-likeness (QED) is 0.617. The molecule has 8 heteroatoms. The standard InChI is InChI=1S/C15H30N4O2.2ClH/c1-11(2)13(19-6-4-12(3)5-7-19)9-17-15(21)10-18-14(20)8-16;;/h11-13H,4-10,16H2,1-3H3,(H,17,21)(H,18,20);2*1H. The van der Waals surface area contributed by atoms with Crippen LogP contribution in [-0.4, -0.2) is 55.5 Å². The zero-order valence-corrected chi connectivity index (χ0v) is 16.0. The number of carbonyl (C=O) groups is 2. The van der Waals surface area contributed by atoms with Crippen LogP contribution in [0.4, 0.5) is 0 Å². The molecule has 2 amide bonds. The van der Waals surface area contributed by atoms with Crippen molar-refractivity contribution in [3.05, 3.63) is 0 Å². The Kier molecular flexibility index (Phi) is 13.8. The van der Waals surface area contributed by atoms with E-state index < -0.39 is 0 Å². The van der Waals surface area contributed by atoms with Gasteiger partial charge in [-0.05, 0) is 37.8 Å². The van der Waals surface area contributed by atoms with Crippen molar-refractivity contribution >= 4 is 36.6 Å². The number of piperidine rings is 1. The van der Waals surface area contributed by atoms with Gasteiger partial charge in [-0.25, -0.2) is 0 Å². The molecule has 0 aromatic carbocycles. The highest BCUT2D eigenvalue weighted by atomic mass is 35.5. The van der Waals surface area contributed by atoms with Crippen LogP contribution in [0.3, 0.4) is 0 Å². The maximum atomic E-state index is 11.7. The van der Waals surface area contributed by atoms with Crippen LogP contribution in [0.25, 0.3) is 0 Å². The smallest absolute Gasteiger partial charge is 0.239 e. The highest BCUT2D eigenvalue weighted by Crippen LogP contribution is 2.20. The van der Waals surface area contributed by atoms with Gasteiger partial charge in [0.15, 0.2) is 0 Å². The van der Waals surface area contributed by atoms with E-state index in [0.717, 1.165) is 19.0 Å². The molecule has 1 fully saturated rings. The second-order valence-electron chi connectivity index (χ2n) is 6.31. The van der Waals surface area contributed by atoms with E-state index in [0.29, 0.717) is 18.5 Å². The molecule has 1 aliphatic rings. The van der Waals surface area contributed by atoms with Crippen molar-refractivity contribution in [2.24, 2.45) is 17.6 Å². The SMILES string of the molecule is CC1CCN(C(CNC(=O)CNC(=O)CN)C(C)C)CC1.Cl.Cl. The number of nitrogens with zero attached hydrogens (tertiary/aromatic N) is 1. The van der Waals surface area contributed by atoms with Crippen LogP contribution in [-0.2, 0) is 9.59 Å². The molecule has 0 aromatic rings. The van der Waals surface area contributed by atoms with Gasteiger partial charge in [0.2, 0.25) is 11.8 Å². The van der Waals surface area contributed by atoms with Gasteiger partial charge >= 0.3 is 0 Å². The number of nitrogens with two attached hydrogens (primary N) is 1. The first-order valence-electron chi connectivity index (χ1n) is 7.91. The molecule has 23 heavy (non-hydrogen) atoms. The molecule has 138 valence electrons. The number of hydrogen-bond acceptors (Lipinski definition) is 4. The fourth-order valence-corrected chi connectivity index (χ4v) is 2.68. The Balaban J connectivity index is 0. The summed E-state index contributed by atoms with van der Waals surface area (Å²) in [6.07, 6.45) is 2.45. The Bertz CT molecular complexity index is 348. The van der Waals surface area contributed by atoms with E-state index >= 15 is 0 Å². The summed E-state index contributed by atoms with van der Waals surface area (Å²) in [6.45, 7) is 9.41. The summed E-state index contributed by atoms with van der Waals surface area (Å²) in [5.74, 6) is 0.816. The second kappa shape index (κ2) is 12.8. The van der Waals surface area contributed by atoms with Crippen molar-refractivity contribution in [3.8, 4) is 0 Å². The summed E-state index contributed by atoms with van der Waals surface area (Å²) in [5, 5.41) is 5.40. The van der Waals surface area contributed by atoms with Gasteiger partial charge in [0.25, 0.3) is 0 Å². The van der Waals surface area contributed by atoms with Gasteiger partial charge in [-0.2, -0.15) is 0 Å². The van der Waals surface area contributed by atoms with E-state index in [1.165, 1.54) is 12.8 Å². The molecule has 1 heterocycles. The van der Waals surface area contributed by atoms with Crippen LogP contribution in [0.2, 0.25) is 0 Å². The molecule has 0 aromatic heterocycles. The number of carbonyl (C=O) groups excluding carboxylic acids is 2. The highest BCUT2D eigenvalue weighted by molar-refractivity contribution is 5.86. The lowest BCUT2D eigenvalue weighted by molar-refractivity contribution is -0.125. The van der Waals surface area contributed by atoms with Gasteiger partial charge in [0, 0.05) is 12.6 Å². The van der Waals surface area contributed by atoms with Gasteiger partial charge in [-0.15, -0.1) is 24.8 Å². The number of likely N-dealkylation sites (tertiary alicyclic amines) is 1. The largest absolute Gasteiger partial charge is 0.353 e. The van der Waals surface area contributed by atoms with Crippen LogP contribution >= 0.6 is 24.8 Å². The van der Waals surface area contributed by atoms with Crippen molar-refractivity contribution in [1.82, 2.24) is 15.5 Å². The minimum atomic E-state index is -0.310. The molecule has 1 aliphatic heterocycles. The minimum absolute atomic E-state index is 0. The Morgan fingerprint density at radius 3 is 2.17 bits per heavy atom. The van der Waals surface area contributed by atoms with Gasteiger partial charge in [0.05, 0.1) is 13.1 Å². The van der Waals surface area contributed by atoms with Gasteiger partial charge < -0.3 is 16.4 Å². The lowest BCUT2D eigenvalue weighted by Crippen LogP contribution is -2.51. The number of halogens is 2. The number of amides is 2. The molecular formula is C15H32Cl2N4O2. The lowest BCUT2D eigenvalue weighted by atomic mass is 9.94. The molecule has 0 saturated carbocycles. The van der Waals surface area contributed by atoms with E-state index in [1.807, 2.05) is 0 Å². The Morgan fingerprint density at radius 2 is 1.70 bits per heavy atom. The molecule has 1 rings (SSSR count). The Labute approximate surface area is 152 Å². The van der Waals surface area contributed by atoms with Crippen molar-refractivity contribution in [3.63, 3.8) is 0 Å². The molecular weight excluding hydrogens is 339 g/mol. The highest BCUT2D eigenvalue weighted by Gasteiger charge is 2.25. The summed E-state index contributed by atoms with van der Waals surface area (Å²) < 4.78 is 0. The molecule has 1 atom stereocenters. The predicted molar refractivity (Wildman–Crippen MR) is 98.2 cm³/mol. The normalized spacial score (nSPS) is 16.9. The number of nitrogens with one attached hydrogen (secondary N) is 2. The molecule has 1 saturated heterocycles. The lowest BCUT2D eigenvalue weighted by Gasteiger charge is -2.38. The summed E-state index contributed by atoms with van der Waals surface area (Å²) in [6, 6.07) is 0.353. The van der Waals surface area contributed by atoms with E-state index in [-0.39, 0.29) is 49.7 Å². The van der Waals surface area contributed by atoms with E-state index in [1.54, 1.807) is 0 Å². The van der Waals surface area contributed by atoms with Crippen LogP contribution in [0.15, 0.2) is 0 Å². The van der Waals surface area contributed by atoms with Crippen LogP contribution in [0, 0.1) is 11.8 Å². The molecule has 1 unspecified atom stereocenters. The van der Waals surface area contributed by atoms with Gasteiger partial charge in [-0.3, -0.25) is 14.5 Å². The Morgan fingerprint density at radius 1 is 1.13 bits per heavy atom. The van der Waals surface area contributed by atoms with Crippen LogP contribution in [0.5, 0.6) is 0 Å². The van der Waals surface area contributed by atoms with Crippen LogP contribution in [0.1, 0.15) is 33.6 Å². The monoisotopic (exact) mass is 370 g/mol. The van der Waals surface area contributed by atoms with Crippen molar-refractivity contribution in [2.75, 3.05) is 32.7 Å². The molecule has 0 bridgehead atoms. The first kappa shape index (κ1) is 24.7. The van der Waals surface area contributed by atoms with E-state index in [9.17, 15) is 9.59 Å². The maximum absolute atomic E-state index is 11.7. The topological polar surface area (TPSA) is 87.5 Å². The minimum Gasteiger partial charge on any atom is -0.353 e. The van der Waals surface area contributed by atoms with Crippen molar-refractivity contribution < 1.29 is 9.59 Å². The number of rotatable bonds is 7. The van der Waals surface area contributed by atoms with Crippen molar-refractivity contribution in [1.29, 1.82) is 0 Å². The fraction of sp³-hybridized carbons (Fsp3) is 0.867. The van der Waals surface area contributed by atoms with Crippen molar-refractivity contribution in [2.45, 2.75) is 39.7 Å². The van der Waals surface area contributed by atoms with Gasteiger partial charge in [0.1, 0.15) is 0 Å². The molecule has 4 N–H and O–H groups in total.